The van der Waals surface area contributed by atoms with Crippen LogP contribution in [0, 0.1) is 6.92 Å². The molecule has 0 unspecified atom stereocenters. The molecule has 0 aromatic heterocycles. The Labute approximate surface area is 136 Å². The molecule has 3 rings (SSSR count). The van der Waals surface area contributed by atoms with Gasteiger partial charge in [-0.05, 0) is 37.1 Å². The van der Waals surface area contributed by atoms with Crippen LogP contribution in [0.25, 0.3) is 0 Å². The summed E-state index contributed by atoms with van der Waals surface area (Å²) in [4.78, 5) is 26.2. The Morgan fingerprint density at radius 2 is 1.78 bits per heavy atom. The maximum atomic E-state index is 12.6. The third-order valence-electron chi connectivity index (χ3n) is 4.17. The van der Waals surface area contributed by atoms with E-state index in [-0.39, 0.29) is 18.2 Å². The summed E-state index contributed by atoms with van der Waals surface area (Å²) in [7, 11) is 0. The van der Waals surface area contributed by atoms with Gasteiger partial charge in [-0.3, -0.25) is 9.59 Å². The molecule has 2 amide bonds. The number of benzene rings is 2. The summed E-state index contributed by atoms with van der Waals surface area (Å²) < 4.78 is 0. The number of anilines is 2. The van der Waals surface area contributed by atoms with Crippen molar-refractivity contribution in [2.45, 2.75) is 32.7 Å². The van der Waals surface area contributed by atoms with Gasteiger partial charge in [0.05, 0.1) is 12.1 Å². The quantitative estimate of drug-likeness (QED) is 0.882. The number of carbonyl (C=O) groups excluding carboxylic acids is 2. The van der Waals surface area contributed by atoms with Crippen molar-refractivity contribution < 1.29 is 9.59 Å². The van der Waals surface area contributed by atoms with Gasteiger partial charge in [-0.2, -0.15) is 0 Å². The van der Waals surface area contributed by atoms with Crippen LogP contribution in [0.15, 0.2) is 48.5 Å². The lowest BCUT2D eigenvalue weighted by atomic mass is 10.1. The Balaban J connectivity index is 1.82. The van der Waals surface area contributed by atoms with E-state index in [9.17, 15) is 9.59 Å². The van der Waals surface area contributed by atoms with Crippen molar-refractivity contribution in [3.8, 4) is 0 Å². The molecule has 1 aliphatic heterocycles. The van der Waals surface area contributed by atoms with E-state index < -0.39 is 6.04 Å². The minimum Gasteiger partial charge on any atom is -0.373 e. The van der Waals surface area contributed by atoms with Crippen LogP contribution in [0.2, 0.25) is 0 Å². The summed E-state index contributed by atoms with van der Waals surface area (Å²) in [6, 6.07) is 14.8. The highest BCUT2D eigenvalue weighted by Crippen LogP contribution is 2.26. The zero-order valence-corrected chi connectivity index (χ0v) is 13.4. The van der Waals surface area contributed by atoms with Gasteiger partial charge in [0, 0.05) is 5.69 Å². The van der Waals surface area contributed by atoms with Crippen LogP contribution in [0.1, 0.15) is 24.5 Å². The van der Waals surface area contributed by atoms with Crippen molar-refractivity contribution in [3.05, 3.63) is 59.7 Å². The summed E-state index contributed by atoms with van der Waals surface area (Å²) in [6.45, 7) is 4.05. The van der Waals surface area contributed by atoms with Crippen molar-refractivity contribution in [3.63, 3.8) is 0 Å². The van der Waals surface area contributed by atoms with Crippen LogP contribution in [0.4, 0.5) is 11.4 Å². The highest BCUT2D eigenvalue weighted by molar-refractivity contribution is 6.23. The van der Waals surface area contributed by atoms with E-state index in [1.807, 2.05) is 55.5 Å². The van der Waals surface area contributed by atoms with E-state index in [1.165, 1.54) is 4.90 Å². The second-order valence-electron chi connectivity index (χ2n) is 5.81. The van der Waals surface area contributed by atoms with E-state index in [1.54, 1.807) is 0 Å². The van der Waals surface area contributed by atoms with Gasteiger partial charge in [-0.15, -0.1) is 0 Å². The number of hydrogen-bond acceptors (Lipinski definition) is 3. The summed E-state index contributed by atoms with van der Waals surface area (Å²) in [5.41, 5.74) is 3.80. The maximum Gasteiger partial charge on any atom is 0.256 e. The monoisotopic (exact) mass is 308 g/mol. The van der Waals surface area contributed by atoms with Gasteiger partial charge in [0.25, 0.3) is 5.91 Å². The molecule has 0 spiro atoms. The average molecular weight is 308 g/mol. The number of nitrogens with one attached hydrogen (secondary N) is 1. The first-order chi connectivity index (χ1) is 11.1. The summed E-state index contributed by atoms with van der Waals surface area (Å²) in [6.07, 6.45) is 1.06. The first-order valence-corrected chi connectivity index (χ1v) is 7.88. The Hall–Kier alpha value is -2.62. The highest BCUT2D eigenvalue weighted by atomic mass is 16.2. The van der Waals surface area contributed by atoms with Gasteiger partial charge < -0.3 is 5.32 Å². The van der Waals surface area contributed by atoms with E-state index in [4.69, 9.17) is 0 Å². The number of rotatable bonds is 4. The standard InChI is InChI=1S/C19H20N2O2/c1-3-14-6-4-5-7-16(14)20-17-12-18(22)21(19(17)23)15-10-8-13(2)9-11-15/h4-11,17,20H,3,12H2,1-2H3/t17-/m0/s1. The molecule has 0 bridgehead atoms. The predicted molar refractivity (Wildman–Crippen MR) is 91.5 cm³/mol. The number of para-hydroxylation sites is 1. The van der Waals surface area contributed by atoms with E-state index in [0.29, 0.717) is 5.69 Å². The Bertz CT molecular complexity index is 737. The van der Waals surface area contributed by atoms with Crippen molar-refractivity contribution in [2.24, 2.45) is 0 Å². The molecule has 2 aromatic carbocycles. The molecule has 4 heteroatoms. The number of carbonyl (C=O) groups is 2. The first-order valence-electron chi connectivity index (χ1n) is 7.88. The number of imide groups is 1. The van der Waals surface area contributed by atoms with E-state index >= 15 is 0 Å². The molecule has 0 aliphatic carbocycles. The number of hydrogen-bond donors (Lipinski definition) is 1. The van der Waals surface area contributed by atoms with Crippen LogP contribution in [0.3, 0.4) is 0 Å². The lowest BCUT2D eigenvalue weighted by Crippen LogP contribution is -2.34. The summed E-state index contributed by atoms with van der Waals surface area (Å²) >= 11 is 0. The minimum atomic E-state index is -0.503. The molecule has 1 N–H and O–H groups in total. The lowest BCUT2D eigenvalue weighted by molar-refractivity contribution is -0.121. The van der Waals surface area contributed by atoms with Crippen LogP contribution >= 0.6 is 0 Å². The molecule has 1 heterocycles. The van der Waals surface area contributed by atoms with Gasteiger partial charge in [0.15, 0.2) is 0 Å². The van der Waals surface area contributed by atoms with Gasteiger partial charge in [-0.1, -0.05) is 42.8 Å². The lowest BCUT2D eigenvalue weighted by Gasteiger charge is -2.17. The third-order valence-corrected chi connectivity index (χ3v) is 4.17. The van der Waals surface area contributed by atoms with Gasteiger partial charge in [0.1, 0.15) is 6.04 Å². The zero-order valence-electron chi connectivity index (χ0n) is 13.4. The molecule has 2 aromatic rings. The van der Waals surface area contributed by atoms with Crippen molar-refractivity contribution >= 4 is 23.2 Å². The molecular formula is C19H20N2O2. The molecule has 1 aliphatic rings. The second kappa shape index (κ2) is 6.24. The second-order valence-corrected chi connectivity index (χ2v) is 5.81. The normalized spacial score (nSPS) is 17.7. The summed E-state index contributed by atoms with van der Waals surface area (Å²) in [5.74, 6) is -0.352. The molecule has 1 atom stereocenters. The smallest absolute Gasteiger partial charge is 0.256 e. The van der Waals surface area contributed by atoms with E-state index in [0.717, 1.165) is 23.2 Å². The first kappa shape index (κ1) is 15.3. The average Bonchev–Trinajstić information content (AvgIpc) is 2.83. The van der Waals surface area contributed by atoms with Crippen molar-refractivity contribution in [2.75, 3.05) is 10.2 Å². The molecule has 4 nitrogen and oxygen atoms in total. The fourth-order valence-corrected chi connectivity index (χ4v) is 2.87. The molecule has 23 heavy (non-hydrogen) atoms. The van der Waals surface area contributed by atoms with Gasteiger partial charge >= 0.3 is 0 Å². The number of aryl methyl sites for hydroxylation is 2. The number of nitrogens with zero attached hydrogens (tertiary/aromatic N) is 1. The summed E-state index contributed by atoms with van der Waals surface area (Å²) in [5, 5.41) is 3.24. The fraction of sp³-hybridized carbons (Fsp3) is 0.263. The maximum absolute atomic E-state index is 12.6. The highest BCUT2D eigenvalue weighted by Gasteiger charge is 2.39. The molecular weight excluding hydrogens is 288 g/mol. The fourth-order valence-electron chi connectivity index (χ4n) is 2.87. The molecule has 0 radical (unpaired) electrons. The van der Waals surface area contributed by atoms with Crippen LogP contribution < -0.4 is 10.2 Å². The van der Waals surface area contributed by atoms with Crippen molar-refractivity contribution in [1.29, 1.82) is 0 Å². The third kappa shape index (κ3) is 2.97. The number of amides is 2. The Morgan fingerprint density at radius 3 is 2.48 bits per heavy atom. The molecule has 118 valence electrons. The van der Waals surface area contributed by atoms with Crippen LogP contribution in [0.5, 0.6) is 0 Å². The Morgan fingerprint density at radius 1 is 1.09 bits per heavy atom. The van der Waals surface area contributed by atoms with Crippen LogP contribution in [-0.2, 0) is 16.0 Å². The van der Waals surface area contributed by atoms with Gasteiger partial charge in [-0.25, -0.2) is 4.90 Å². The predicted octanol–water partition coefficient (Wildman–Crippen LogP) is 3.30. The van der Waals surface area contributed by atoms with Crippen LogP contribution in [-0.4, -0.2) is 17.9 Å². The van der Waals surface area contributed by atoms with Gasteiger partial charge in [0.2, 0.25) is 5.91 Å². The molecule has 1 saturated heterocycles. The largest absolute Gasteiger partial charge is 0.373 e. The SMILES string of the molecule is CCc1ccccc1N[C@H]1CC(=O)N(c2ccc(C)cc2)C1=O. The molecule has 0 saturated carbocycles. The Kier molecular flexibility index (Phi) is 4.15. The van der Waals surface area contributed by atoms with E-state index in [2.05, 4.69) is 12.2 Å². The zero-order chi connectivity index (χ0) is 16.4. The van der Waals surface area contributed by atoms with Crippen molar-refractivity contribution in [1.82, 2.24) is 0 Å². The minimum absolute atomic E-state index is 0.162. The topological polar surface area (TPSA) is 49.4 Å². The molecule has 1 fully saturated rings.